The smallest absolute Gasteiger partial charge is 0.340 e. The summed E-state index contributed by atoms with van der Waals surface area (Å²) in [5, 5.41) is 12.0. The molecule has 0 radical (unpaired) electrons. The molecule has 0 aliphatic carbocycles. The lowest BCUT2D eigenvalue weighted by Crippen LogP contribution is -2.08. The zero-order chi connectivity index (χ0) is 16.9. The van der Waals surface area contributed by atoms with Gasteiger partial charge in [-0.25, -0.2) is 14.8 Å². The van der Waals surface area contributed by atoms with E-state index in [1.165, 1.54) is 17.3 Å². The van der Waals surface area contributed by atoms with Crippen molar-refractivity contribution in [2.75, 3.05) is 5.75 Å². The molecule has 3 aromatic rings. The summed E-state index contributed by atoms with van der Waals surface area (Å²) in [4.78, 5) is 21.4. The number of nitrogens with zero attached hydrogens (tertiary/aromatic N) is 2. The molecule has 6 heteroatoms. The summed E-state index contributed by atoms with van der Waals surface area (Å²) in [7, 11) is 0. The summed E-state index contributed by atoms with van der Waals surface area (Å²) in [5.41, 5.74) is 1.93. The van der Waals surface area contributed by atoms with Crippen molar-refractivity contribution in [2.24, 2.45) is 0 Å². The number of hydrogen-bond donors (Lipinski definition) is 1. The van der Waals surface area contributed by atoms with Gasteiger partial charge in [-0.05, 0) is 30.4 Å². The van der Waals surface area contributed by atoms with Crippen LogP contribution in [0.4, 0.5) is 0 Å². The van der Waals surface area contributed by atoms with Crippen molar-refractivity contribution in [2.45, 2.75) is 18.4 Å². The molecular weight excluding hydrogens is 340 g/mol. The lowest BCUT2D eigenvalue weighted by atomic mass is 10.2. The summed E-state index contributed by atoms with van der Waals surface area (Å²) in [6.45, 7) is 1.73. The minimum absolute atomic E-state index is 0.202. The van der Waals surface area contributed by atoms with Crippen LogP contribution in [0.5, 0.6) is 0 Å². The summed E-state index contributed by atoms with van der Waals surface area (Å²) in [5.74, 6) is 0.382. The zero-order valence-corrected chi connectivity index (χ0v) is 14.7. The average molecular weight is 356 g/mol. The fraction of sp³-hybridized carbons (Fsp3) is 0.167. The largest absolute Gasteiger partial charge is 0.478 e. The van der Waals surface area contributed by atoms with Gasteiger partial charge in [0.15, 0.2) is 5.82 Å². The molecule has 0 aliphatic rings. The first-order chi connectivity index (χ1) is 11.6. The highest BCUT2D eigenvalue weighted by Crippen LogP contribution is 2.28. The van der Waals surface area contributed by atoms with Crippen molar-refractivity contribution in [3.63, 3.8) is 0 Å². The first-order valence-corrected chi connectivity index (χ1v) is 9.34. The molecule has 24 heavy (non-hydrogen) atoms. The van der Waals surface area contributed by atoms with Crippen molar-refractivity contribution >= 4 is 29.1 Å². The van der Waals surface area contributed by atoms with E-state index in [0.717, 1.165) is 17.1 Å². The van der Waals surface area contributed by atoms with Gasteiger partial charge in [0.2, 0.25) is 0 Å². The number of hydrogen-bond acceptors (Lipinski definition) is 5. The number of rotatable bonds is 6. The number of benzene rings is 1. The Kier molecular flexibility index (Phi) is 5.27. The van der Waals surface area contributed by atoms with Gasteiger partial charge >= 0.3 is 5.97 Å². The third kappa shape index (κ3) is 3.83. The Morgan fingerprint density at radius 3 is 2.62 bits per heavy atom. The monoisotopic (exact) mass is 356 g/mol. The highest BCUT2D eigenvalue weighted by atomic mass is 32.2. The maximum Gasteiger partial charge on any atom is 0.340 e. The molecule has 2 aromatic heterocycles. The van der Waals surface area contributed by atoms with Crippen molar-refractivity contribution in [1.82, 2.24) is 9.97 Å². The molecule has 3 rings (SSSR count). The topological polar surface area (TPSA) is 63.1 Å². The second kappa shape index (κ2) is 7.59. The standard InChI is InChI=1S/C18H16N2O2S2/c1-12-15(18(21)22)17(20-16(19-12)14-8-5-10-23-14)24-11-9-13-6-3-2-4-7-13/h2-8,10H,9,11H2,1H3,(H,21,22). The number of aromatic carboxylic acids is 1. The van der Waals surface area contributed by atoms with Gasteiger partial charge in [0.25, 0.3) is 0 Å². The lowest BCUT2D eigenvalue weighted by Gasteiger charge is -2.09. The van der Waals surface area contributed by atoms with Crippen LogP contribution in [0.15, 0.2) is 52.9 Å². The van der Waals surface area contributed by atoms with Gasteiger partial charge in [-0.15, -0.1) is 23.1 Å². The van der Waals surface area contributed by atoms with E-state index in [0.29, 0.717) is 16.5 Å². The molecule has 0 bridgehead atoms. The van der Waals surface area contributed by atoms with E-state index in [1.54, 1.807) is 18.3 Å². The number of thioether (sulfide) groups is 1. The molecule has 0 fully saturated rings. The quantitative estimate of drug-likeness (QED) is 0.519. The van der Waals surface area contributed by atoms with Crippen molar-refractivity contribution in [3.8, 4) is 10.7 Å². The minimum atomic E-state index is -0.979. The lowest BCUT2D eigenvalue weighted by molar-refractivity contribution is 0.0691. The predicted octanol–water partition coefficient (Wildman–Crippen LogP) is 4.55. The van der Waals surface area contributed by atoms with E-state index in [2.05, 4.69) is 22.1 Å². The van der Waals surface area contributed by atoms with Gasteiger partial charge < -0.3 is 5.11 Å². The minimum Gasteiger partial charge on any atom is -0.478 e. The van der Waals surface area contributed by atoms with Gasteiger partial charge in [0, 0.05) is 5.75 Å². The predicted molar refractivity (Wildman–Crippen MR) is 97.9 cm³/mol. The SMILES string of the molecule is Cc1nc(-c2cccs2)nc(SCCc2ccccc2)c1C(=O)O. The first kappa shape index (κ1) is 16.7. The molecule has 2 heterocycles. The third-order valence-corrected chi connectivity index (χ3v) is 5.33. The number of carbonyl (C=O) groups is 1. The van der Waals surface area contributed by atoms with Crippen molar-refractivity contribution in [1.29, 1.82) is 0 Å². The van der Waals surface area contributed by atoms with E-state index < -0.39 is 5.97 Å². The third-order valence-electron chi connectivity index (χ3n) is 3.48. The van der Waals surface area contributed by atoms with Gasteiger partial charge in [0.1, 0.15) is 10.6 Å². The molecule has 0 saturated carbocycles. The fourth-order valence-corrected chi connectivity index (χ4v) is 4.04. The van der Waals surface area contributed by atoms with Crippen molar-refractivity contribution < 1.29 is 9.90 Å². The van der Waals surface area contributed by atoms with Crippen LogP contribution in [-0.4, -0.2) is 26.8 Å². The molecule has 4 nitrogen and oxygen atoms in total. The van der Waals surface area contributed by atoms with Crippen molar-refractivity contribution in [3.05, 3.63) is 64.7 Å². The Morgan fingerprint density at radius 1 is 1.17 bits per heavy atom. The van der Waals surface area contributed by atoms with Gasteiger partial charge in [0.05, 0.1) is 10.6 Å². The van der Waals surface area contributed by atoms with E-state index in [1.807, 2.05) is 35.7 Å². The number of carboxylic acid groups (broad SMARTS) is 1. The van der Waals surface area contributed by atoms with Crippen LogP contribution in [0, 0.1) is 6.92 Å². The normalized spacial score (nSPS) is 10.7. The van der Waals surface area contributed by atoms with E-state index in [4.69, 9.17) is 0 Å². The molecule has 0 atom stereocenters. The van der Waals surface area contributed by atoms with Crippen LogP contribution in [0.1, 0.15) is 21.6 Å². The Labute approximate surface area is 148 Å². The molecular formula is C18H16N2O2S2. The highest BCUT2D eigenvalue weighted by molar-refractivity contribution is 7.99. The van der Waals surface area contributed by atoms with Crippen LogP contribution in [-0.2, 0) is 6.42 Å². The summed E-state index contributed by atoms with van der Waals surface area (Å²) >= 11 is 3.02. The summed E-state index contributed by atoms with van der Waals surface area (Å²) < 4.78 is 0. The number of aromatic nitrogens is 2. The number of carboxylic acids is 1. The van der Waals surface area contributed by atoms with Crippen LogP contribution in [0.25, 0.3) is 10.7 Å². The second-order valence-electron chi connectivity index (χ2n) is 5.18. The van der Waals surface area contributed by atoms with E-state index in [9.17, 15) is 9.90 Å². The van der Waals surface area contributed by atoms with Gasteiger partial charge in [-0.3, -0.25) is 0 Å². The summed E-state index contributed by atoms with van der Waals surface area (Å²) in [6.07, 6.45) is 0.863. The van der Waals surface area contributed by atoms with Crippen LogP contribution in [0.3, 0.4) is 0 Å². The average Bonchev–Trinajstić information content (AvgIpc) is 3.09. The molecule has 1 N–H and O–H groups in total. The first-order valence-electron chi connectivity index (χ1n) is 7.47. The van der Waals surface area contributed by atoms with Gasteiger partial charge in [-0.1, -0.05) is 36.4 Å². The Balaban J connectivity index is 1.85. The number of thiophene rings is 1. The van der Waals surface area contributed by atoms with Crippen LogP contribution < -0.4 is 0 Å². The molecule has 0 spiro atoms. The molecule has 0 saturated heterocycles. The Bertz CT molecular complexity index is 834. The fourth-order valence-electron chi connectivity index (χ4n) is 2.32. The van der Waals surface area contributed by atoms with E-state index in [-0.39, 0.29) is 5.56 Å². The molecule has 0 unspecified atom stereocenters. The number of aryl methyl sites for hydroxylation is 2. The second-order valence-corrected chi connectivity index (χ2v) is 7.21. The highest BCUT2D eigenvalue weighted by Gasteiger charge is 2.19. The molecule has 1 aromatic carbocycles. The Morgan fingerprint density at radius 2 is 1.96 bits per heavy atom. The molecule has 122 valence electrons. The summed E-state index contributed by atoms with van der Waals surface area (Å²) in [6, 6.07) is 14.0. The maximum atomic E-state index is 11.6. The maximum absolute atomic E-state index is 11.6. The van der Waals surface area contributed by atoms with Crippen LogP contribution in [0.2, 0.25) is 0 Å². The zero-order valence-electron chi connectivity index (χ0n) is 13.1. The molecule has 0 amide bonds. The van der Waals surface area contributed by atoms with Gasteiger partial charge in [-0.2, -0.15) is 0 Å². The Hall–Kier alpha value is -2.18. The van der Waals surface area contributed by atoms with E-state index >= 15 is 0 Å². The van der Waals surface area contributed by atoms with Crippen LogP contribution >= 0.6 is 23.1 Å². The molecule has 0 aliphatic heterocycles.